The lowest BCUT2D eigenvalue weighted by atomic mass is 10.1. The van der Waals surface area contributed by atoms with E-state index in [1.165, 1.54) is 34.6 Å². The molecule has 0 saturated carbocycles. The summed E-state index contributed by atoms with van der Waals surface area (Å²) in [7, 11) is -3.81. The Labute approximate surface area is 193 Å². The Hall–Kier alpha value is -3.18. The maximum Gasteiger partial charge on any atom is 0.293 e. The molecule has 178 valence electrons. The van der Waals surface area contributed by atoms with Gasteiger partial charge in [-0.15, -0.1) is 0 Å². The number of rotatable bonds is 9. The van der Waals surface area contributed by atoms with Crippen molar-refractivity contribution in [1.82, 2.24) is 4.31 Å². The first-order valence-corrected chi connectivity index (χ1v) is 12.3. The predicted octanol–water partition coefficient (Wildman–Crippen LogP) is 3.85. The summed E-state index contributed by atoms with van der Waals surface area (Å²) >= 11 is 0. The zero-order valence-corrected chi connectivity index (χ0v) is 19.5. The van der Waals surface area contributed by atoms with Crippen LogP contribution in [0.5, 0.6) is 5.75 Å². The highest BCUT2D eigenvalue weighted by atomic mass is 32.2. The molecule has 0 aliphatic carbocycles. The molecule has 0 spiro atoms. The number of piperidine rings is 1. The molecular formula is C22H28N4O6S. The highest BCUT2D eigenvalue weighted by Gasteiger charge is 2.29. The highest BCUT2D eigenvalue weighted by molar-refractivity contribution is 7.89. The molecule has 10 nitrogen and oxygen atoms in total. The lowest BCUT2D eigenvalue weighted by molar-refractivity contribution is -0.384. The highest BCUT2D eigenvalue weighted by Crippen LogP contribution is 2.32. The number of nitrogens with zero attached hydrogens (tertiary/aromatic N) is 2. The summed E-state index contributed by atoms with van der Waals surface area (Å²) in [4.78, 5) is 23.6. The number of carbonyl (C=O) groups is 1. The molecule has 1 aliphatic rings. The van der Waals surface area contributed by atoms with Crippen molar-refractivity contribution in [2.45, 2.75) is 38.0 Å². The number of ether oxygens (including phenoxy) is 1. The van der Waals surface area contributed by atoms with Crippen molar-refractivity contribution < 1.29 is 22.9 Å². The molecule has 1 fully saturated rings. The molecule has 2 N–H and O–H groups in total. The Morgan fingerprint density at radius 2 is 1.85 bits per heavy atom. The largest absolute Gasteiger partial charge is 0.492 e. The number of anilines is 2. The molecule has 0 radical (unpaired) electrons. The third kappa shape index (κ3) is 5.60. The van der Waals surface area contributed by atoms with E-state index in [0.717, 1.165) is 19.3 Å². The number of carbonyl (C=O) groups excluding carboxylic acids is 1. The fourth-order valence-electron chi connectivity index (χ4n) is 3.67. The van der Waals surface area contributed by atoms with E-state index in [9.17, 15) is 23.3 Å². The van der Waals surface area contributed by atoms with Gasteiger partial charge in [0, 0.05) is 37.0 Å². The number of hydrogen-bond acceptors (Lipinski definition) is 7. The van der Waals surface area contributed by atoms with Crippen LogP contribution < -0.4 is 15.4 Å². The molecule has 2 aromatic rings. The molecule has 0 atom stereocenters. The molecule has 2 aromatic carbocycles. The first-order valence-electron chi connectivity index (χ1n) is 10.9. The van der Waals surface area contributed by atoms with E-state index in [1.54, 1.807) is 13.0 Å². The molecule has 0 bridgehead atoms. The monoisotopic (exact) mass is 476 g/mol. The van der Waals surface area contributed by atoms with Gasteiger partial charge < -0.3 is 15.4 Å². The lowest BCUT2D eigenvalue weighted by Gasteiger charge is -2.27. The standard InChI is InChI=1S/C22H28N4O6S/c1-3-23-18-10-8-16(14-19(18)26(28)29)22(27)24-17-9-11-20(32-4-2)21(15-17)33(30,31)25-12-6-5-7-13-25/h8-11,14-15,23H,3-7,12-13H2,1-2H3,(H,24,27). The average molecular weight is 477 g/mol. The van der Waals surface area contributed by atoms with Gasteiger partial charge in [0.25, 0.3) is 11.6 Å². The van der Waals surface area contributed by atoms with E-state index >= 15 is 0 Å². The zero-order chi connectivity index (χ0) is 24.0. The number of hydrogen-bond donors (Lipinski definition) is 2. The second-order valence-corrected chi connectivity index (χ2v) is 9.44. The number of amides is 1. The SMILES string of the molecule is CCNc1ccc(C(=O)Nc2ccc(OCC)c(S(=O)(=O)N3CCCCC3)c2)cc1[N+](=O)[O-]. The van der Waals surface area contributed by atoms with Gasteiger partial charge >= 0.3 is 0 Å². The Morgan fingerprint density at radius 3 is 2.48 bits per heavy atom. The van der Waals surface area contributed by atoms with Gasteiger partial charge in [-0.1, -0.05) is 6.42 Å². The Kier molecular flexibility index (Phi) is 7.88. The first-order chi connectivity index (χ1) is 15.8. The lowest BCUT2D eigenvalue weighted by Crippen LogP contribution is -2.35. The average Bonchev–Trinajstić information content (AvgIpc) is 2.81. The van der Waals surface area contributed by atoms with E-state index in [0.29, 0.717) is 25.3 Å². The topological polar surface area (TPSA) is 131 Å². The van der Waals surface area contributed by atoms with Crippen LogP contribution in [0.15, 0.2) is 41.3 Å². The molecule has 1 heterocycles. The molecule has 33 heavy (non-hydrogen) atoms. The van der Waals surface area contributed by atoms with Gasteiger partial charge in [0.05, 0.1) is 11.5 Å². The molecule has 11 heteroatoms. The van der Waals surface area contributed by atoms with Crippen molar-refractivity contribution >= 4 is 33.0 Å². The Bertz CT molecular complexity index is 1130. The minimum absolute atomic E-state index is 0.0162. The minimum Gasteiger partial charge on any atom is -0.492 e. The van der Waals surface area contributed by atoms with E-state index in [2.05, 4.69) is 10.6 Å². The predicted molar refractivity (Wildman–Crippen MR) is 125 cm³/mol. The number of benzene rings is 2. The first kappa shape index (κ1) is 24.5. The van der Waals surface area contributed by atoms with Crippen molar-refractivity contribution in [1.29, 1.82) is 0 Å². The van der Waals surface area contributed by atoms with E-state index in [4.69, 9.17) is 4.74 Å². The summed E-state index contributed by atoms with van der Waals surface area (Å²) < 4.78 is 33.5. The van der Waals surface area contributed by atoms with E-state index in [-0.39, 0.29) is 34.2 Å². The maximum atomic E-state index is 13.3. The second kappa shape index (κ2) is 10.6. The van der Waals surface area contributed by atoms with Crippen LogP contribution in [0.3, 0.4) is 0 Å². The van der Waals surface area contributed by atoms with Crippen LogP contribution in [0.1, 0.15) is 43.5 Å². The number of nitro groups is 1. The van der Waals surface area contributed by atoms with Gasteiger partial charge in [0.2, 0.25) is 10.0 Å². The van der Waals surface area contributed by atoms with Crippen LogP contribution in [0.25, 0.3) is 0 Å². The molecule has 1 amide bonds. The summed E-state index contributed by atoms with van der Waals surface area (Å²) in [5.74, 6) is -0.377. The van der Waals surface area contributed by atoms with Crippen molar-refractivity contribution in [3.63, 3.8) is 0 Å². The maximum absolute atomic E-state index is 13.3. The molecule has 0 aromatic heterocycles. The summed E-state index contributed by atoms with van der Waals surface area (Å²) in [6.07, 6.45) is 2.57. The third-order valence-corrected chi connectivity index (χ3v) is 7.18. The molecule has 0 unspecified atom stereocenters. The van der Waals surface area contributed by atoms with Crippen LogP contribution >= 0.6 is 0 Å². The van der Waals surface area contributed by atoms with Gasteiger partial charge in [-0.05, 0) is 57.0 Å². The van der Waals surface area contributed by atoms with Crippen molar-refractivity contribution in [3.8, 4) is 5.75 Å². The molecule has 1 saturated heterocycles. The van der Waals surface area contributed by atoms with Gasteiger partial charge in [-0.25, -0.2) is 8.42 Å². The van der Waals surface area contributed by atoms with Crippen molar-refractivity contribution in [3.05, 3.63) is 52.1 Å². The fraction of sp³-hybridized carbons (Fsp3) is 0.409. The molecular weight excluding hydrogens is 448 g/mol. The van der Waals surface area contributed by atoms with E-state index in [1.807, 2.05) is 6.92 Å². The number of nitro benzene ring substituents is 1. The van der Waals surface area contributed by atoms with Crippen molar-refractivity contribution in [2.24, 2.45) is 0 Å². The summed E-state index contributed by atoms with van der Waals surface area (Å²) in [6, 6.07) is 8.55. The normalized spacial score (nSPS) is 14.5. The van der Waals surface area contributed by atoms with E-state index < -0.39 is 20.9 Å². The van der Waals surface area contributed by atoms with Crippen LogP contribution in [-0.2, 0) is 10.0 Å². The van der Waals surface area contributed by atoms with Crippen LogP contribution in [0.2, 0.25) is 0 Å². The summed E-state index contributed by atoms with van der Waals surface area (Å²) in [5, 5.41) is 16.9. The minimum atomic E-state index is -3.81. The third-order valence-electron chi connectivity index (χ3n) is 5.26. The number of nitrogens with one attached hydrogen (secondary N) is 2. The molecule has 1 aliphatic heterocycles. The van der Waals surface area contributed by atoms with Crippen LogP contribution in [0, 0.1) is 10.1 Å². The van der Waals surface area contributed by atoms with Crippen LogP contribution in [-0.4, -0.2) is 49.8 Å². The Morgan fingerprint density at radius 1 is 1.12 bits per heavy atom. The smallest absolute Gasteiger partial charge is 0.293 e. The number of sulfonamides is 1. The van der Waals surface area contributed by atoms with Crippen molar-refractivity contribution in [2.75, 3.05) is 36.9 Å². The molecule has 3 rings (SSSR count). The van der Waals surface area contributed by atoms with Gasteiger partial charge in [-0.3, -0.25) is 14.9 Å². The van der Waals surface area contributed by atoms with Gasteiger partial charge in [-0.2, -0.15) is 4.31 Å². The van der Waals surface area contributed by atoms with Gasteiger partial charge in [0.15, 0.2) is 0 Å². The summed E-state index contributed by atoms with van der Waals surface area (Å²) in [6.45, 7) is 5.23. The van der Waals surface area contributed by atoms with Gasteiger partial charge in [0.1, 0.15) is 16.3 Å². The van der Waals surface area contributed by atoms with Crippen LogP contribution in [0.4, 0.5) is 17.1 Å². The fourth-order valence-corrected chi connectivity index (χ4v) is 5.35. The zero-order valence-electron chi connectivity index (χ0n) is 18.7. The quantitative estimate of drug-likeness (QED) is 0.415. The Balaban J connectivity index is 1.91. The summed E-state index contributed by atoms with van der Waals surface area (Å²) in [5.41, 5.74) is 0.426. The second-order valence-electron chi connectivity index (χ2n) is 7.53.